The highest BCUT2D eigenvalue weighted by molar-refractivity contribution is 6.33. The molecule has 1 amide bonds. The molecule has 0 bridgehead atoms. The number of hydrogen-bond acceptors (Lipinski definition) is 3. The van der Waals surface area contributed by atoms with E-state index in [0.717, 1.165) is 18.8 Å². The molecule has 1 fully saturated rings. The first-order chi connectivity index (χ1) is 12.0. The zero-order valence-electron chi connectivity index (χ0n) is 14.5. The number of rotatable bonds is 4. The third-order valence-corrected chi connectivity index (χ3v) is 5.00. The summed E-state index contributed by atoms with van der Waals surface area (Å²) in [6.07, 6.45) is 4.01. The molecule has 1 saturated heterocycles. The van der Waals surface area contributed by atoms with E-state index in [9.17, 15) is 9.59 Å². The standard InChI is InChI=1S/C19H22ClN3O2/c1-12-10-21-16(13(2)18(12)24)11-22-19(25)14-5-6-17(15(20)9-14)23-7-3-4-8-23/h5-6,9-10H,3-4,7-8,11H2,1-2H3,(H,21,24)(H,22,25). The van der Waals surface area contributed by atoms with E-state index in [4.69, 9.17) is 11.6 Å². The summed E-state index contributed by atoms with van der Waals surface area (Å²) in [6.45, 7) is 5.80. The smallest absolute Gasteiger partial charge is 0.251 e. The van der Waals surface area contributed by atoms with E-state index < -0.39 is 0 Å². The van der Waals surface area contributed by atoms with E-state index in [2.05, 4.69) is 15.2 Å². The van der Waals surface area contributed by atoms with Crippen LogP contribution in [0.5, 0.6) is 0 Å². The monoisotopic (exact) mass is 359 g/mol. The fourth-order valence-corrected chi connectivity index (χ4v) is 3.42. The van der Waals surface area contributed by atoms with Gasteiger partial charge >= 0.3 is 0 Å². The van der Waals surface area contributed by atoms with E-state index in [1.165, 1.54) is 12.8 Å². The molecule has 2 N–H and O–H groups in total. The molecule has 5 nitrogen and oxygen atoms in total. The number of benzene rings is 1. The minimum absolute atomic E-state index is 0.000935. The molecule has 0 spiro atoms. The van der Waals surface area contributed by atoms with E-state index in [1.54, 1.807) is 32.2 Å². The molecule has 1 aromatic heterocycles. The predicted octanol–water partition coefficient (Wildman–Crippen LogP) is 3.18. The van der Waals surface area contributed by atoms with Crippen molar-refractivity contribution < 1.29 is 4.79 Å². The molecule has 0 atom stereocenters. The molecular weight excluding hydrogens is 338 g/mol. The first-order valence-electron chi connectivity index (χ1n) is 8.48. The molecule has 6 heteroatoms. The highest BCUT2D eigenvalue weighted by atomic mass is 35.5. The van der Waals surface area contributed by atoms with Crippen molar-refractivity contribution in [2.24, 2.45) is 0 Å². The van der Waals surface area contributed by atoms with Crippen molar-refractivity contribution in [2.45, 2.75) is 33.2 Å². The number of aromatic amines is 1. The molecule has 0 saturated carbocycles. The number of carbonyl (C=O) groups is 1. The van der Waals surface area contributed by atoms with Gasteiger partial charge in [-0.15, -0.1) is 0 Å². The number of nitrogens with zero attached hydrogens (tertiary/aromatic N) is 1. The lowest BCUT2D eigenvalue weighted by Crippen LogP contribution is -2.26. The van der Waals surface area contributed by atoms with Crippen molar-refractivity contribution in [3.8, 4) is 0 Å². The molecule has 0 aliphatic carbocycles. The Balaban J connectivity index is 1.70. The van der Waals surface area contributed by atoms with Crippen LogP contribution in [0.15, 0.2) is 29.2 Å². The van der Waals surface area contributed by atoms with Crippen molar-refractivity contribution in [1.29, 1.82) is 0 Å². The summed E-state index contributed by atoms with van der Waals surface area (Å²) in [7, 11) is 0. The number of aromatic nitrogens is 1. The second-order valence-corrected chi connectivity index (χ2v) is 6.85. The lowest BCUT2D eigenvalue weighted by atomic mass is 10.1. The minimum Gasteiger partial charge on any atom is -0.370 e. The van der Waals surface area contributed by atoms with Gasteiger partial charge in [0.25, 0.3) is 5.91 Å². The molecule has 25 heavy (non-hydrogen) atoms. The number of nitrogens with one attached hydrogen (secondary N) is 2. The van der Waals surface area contributed by atoms with Gasteiger partial charge in [0.1, 0.15) is 0 Å². The molecule has 132 valence electrons. The van der Waals surface area contributed by atoms with Gasteiger partial charge < -0.3 is 15.2 Å². The highest BCUT2D eigenvalue weighted by Gasteiger charge is 2.17. The first kappa shape index (κ1) is 17.5. The summed E-state index contributed by atoms with van der Waals surface area (Å²) in [6, 6.07) is 5.40. The summed E-state index contributed by atoms with van der Waals surface area (Å²) in [5, 5.41) is 3.43. The fourth-order valence-electron chi connectivity index (χ4n) is 3.12. The maximum atomic E-state index is 12.4. The molecule has 1 aliphatic heterocycles. The maximum Gasteiger partial charge on any atom is 0.251 e. The maximum absolute atomic E-state index is 12.4. The Kier molecular flexibility index (Phi) is 5.13. The summed E-state index contributed by atoms with van der Waals surface area (Å²) in [5.41, 5.74) is 3.50. The van der Waals surface area contributed by atoms with Crippen LogP contribution in [0, 0.1) is 13.8 Å². The van der Waals surface area contributed by atoms with Crippen LogP contribution in [0.25, 0.3) is 0 Å². The van der Waals surface area contributed by atoms with Crippen LogP contribution in [0.3, 0.4) is 0 Å². The Morgan fingerprint density at radius 3 is 2.68 bits per heavy atom. The van der Waals surface area contributed by atoms with Gasteiger partial charge in [-0.25, -0.2) is 0 Å². The van der Waals surface area contributed by atoms with Crippen LogP contribution in [-0.4, -0.2) is 24.0 Å². The third-order valence-electron chi connectivity index (χ3n) is 4.70. The Labute approximate surface area is 152 Å². The van der Waals surface area contributed by atoms with Crippen molar-refractivity contribution >= 4 is 23.2 Å². The number of amides is 1. The molecular formula is C19H22ClN3O2. The Bertz CT molecular complexity index is 854. The van der Waals surface area contributed by atoms with Crippen LogP contribution in [0.4, 0.5) is 5.69 Å². The first-order valence-corrected chi connectivity index (χ1v) is 8.85. The topological polar surface area (TPSA) is 65.2 Å². The van der Waals surface area contributed by atoms with Crippen molar-refractivity contribution in [1.82, 2.24) is 10.3 Å². The van der Waals surface area contributed by atoms with Gasteiger partial charge in [-0.05, 0) is 44.9 Å². The Morgan fingerprint density at radius 2 is 2.00 bits per heavy atom. The van der Waals surface area contributed by atoms with E-state index in [-0.39, 0.29) is 17.9 Å². The van der Waals surface area contributed by atoms with Crippen LogP contribution >= 0.6 is 11.6 Å². The normalized spacial score (nSPS) is 14.0. The van der Waals surface area contributed by atoms with Gasteiger partial charge in [0.2, 0.25) is 0 Å². The molecule has 1 aliphatic rings. The summed E-state index contributed by atoms with van der Waals surface area (Å²) >= 11 is 6.36. The number of pyridine rings is 1. The van der Waals surface area contributed by atoms with Crippen LogP contribution < -0.4 is 15.6 Å². The number of H-pyrrole nitrogens is 1. The number of hydrogen-bond donors (Lipinski definition) is 2. The summed E-state index contributed by atoms with van der Waals surface area (Å²) in [4.78, 5) is 29.7. The van der Waals surface area contributed by atoms with Crippen LogP contribution in [0.1, 0.15) is 40.0 Å². The summed E-state index contributed by atoms with van der Waals surface area (Å²) < 4.78 is 0. The largest absolute Gasteiger partial charge is 0.370 e. The Morgan fingerprint density at radius 1 is 1.28 bits per heavy atom. The molecule has 1 aromatic carbocycles. The zero-order valence-corrected chi connectivity index (χ0v) is 15.2. The molecule has 3 rings (SSSR count). The Hall–Kier alpha value is -2.27. The molecule has 2 heterocycles. The highest BCUT2D eigenvalue weighted by Crippen LogP contribution is 2.29. The average Bonchev–Trinajstić information content (AvgIpc) is 3.13. The number of anilines is 1. The second-order valence-electron chi connectivity index (χ2n) is 6.45. The number of carbonyl (C=O) groups excluding carboxylic acids is 1. The quantitative estimate of drug-likeness (QED) is 0.881. The van der Waals surface area contributed by atoms with Gasteiger partial charge in [0.15, 0.2) is 5.43 Å². The molecule has 0 radical (unpaired) electrons. The second kappa shape index (κ2) is 7.31. The van der Waals surface area contributed by atoms with Gasteiger partial charge in [-0.1, -0.05) is 11.6 Å². The third kappa shape index (κ3) is 3.71. The number of halogens is 1. The summed E-state index contributed by atoms with van der Waals surface area (Å²) in [5.74, 6) is -0.212. The zero-order chi connectivity index (χ0) is 18.0. The SMILES string of the molecule is Cc1c[nH]c(CNC(=O)c2ccc(N3CCCC3)c(Cl)c2)c(C)c1=O. The lowest BCUT2D eigenvalue weighted by Gasteiger charge is -2.19. The number of aryl methyl sites for hydroxylation is 1. The lowest BCUT2D eigenvalue weighted by molar-refractivity contribution is 0.0950. The van der Waals surface area contributed by atoms with Gasteiger partial charge in [0.05, 0.1) is 17.3 Å². The predicted molar refractivity (Wildman–Crippen MR) is 101 cm³/mol. The fraction of sp³-hybridized carbons (Fsp3) is 0.368. The van der Waals surface area contributed by atoms with Gasteiger partial charge in [0, 0.05) is 41.7 Å². The van der Waals surface area contributed by atoms with Crippen LogP contribution in [0.2, 0.25) is 5.02 Å². The van der Waals surface area contributed by atoms with Gasteiger partial charge in [-0.2, -0.15) is 0 Å². The molecule has 0 unspecified atom stereocenters. The minimum atomic E-state index is -0.212. The average molecular weight is 360 g/mol. The van der Waals surface area contributed by atoms with Crippen LogP contribution in [-0.2, 0) is 6.54 Å². The van der Waals surface area contributed by atoms with Gasteiger partial charge in [-0.3, -0.25) is 9.59 Å². The van der Waals surface area contributed by atoms with Crippen molar-refractivity contribution in [2.75, 3.05) is 18.0 Å². The van der Waals surface area contributed by atoms with Crippen molar-refractivity contribution in [3.63, 3.8) is 0 Å². The van der Waals surface area contributed by atoms with E-state index in [0.29, 0.717) is 27.4 Å². The van der Waals surface area contributed by atoms with E-state index >= 15 is 0 Å². The van der Waals surface area contributed by atoms with Crippen molar-refractivity contribution in [3.05, 3.63) is 62.0 Å². The van der Waals surface area contributed by atoms with E-state index in [1.807, 2.05) is 6.07 Å². The molecule has 2 aromatic rings.